The second kappa shape index (κ2) is 10.3. The highest BCUT2D eigenvalue weighted by molar-refractivity contribution is 5.75. The fourth-order valence-electron chi connectivity index (χ4n) is 3.04. The lowest BCUT2D eigenvalue weighted by Gasteiger charge is -2.30. The summed E-state index contributed by atoms with van der Waals surface area (Å²) in [6.45, 7) is 9.26. The van der Waals surface area contributed by atoms with Gasteiger partial charge in [-0.3, -0.25) is 4.79 Å². The van der Waals surface area contributed by atoms with E-state index in [1.807, 2.05) is 31.2 Å². The molecule has 24 heavy (non-hydrogen) atoms. The van der Waals surface area contributed by atoms with Crippen molar-refractivity contribution in [3.63, 3.8) is 0 Å². The summed E-state index contributed by atoms with van der Waals surface area (Å²) in [4.78, 5) is 14.4. The van der Waals surface area contributed by atoms with Crippen LogP contribution in [0.3, 0.4) is 0 Å². The zero-order chi connectivity index (χ0) is 17.2. The largest absolute Gasteiger partial charge is 0.493 e. The highest BCUT2D eigenvalue weighted by Crippen LogP contribution is 2.16. The maximum atomic E-state index is 11.8. The van der Waals surface area contributed by atoms with Crippen LogP contribution >= 0.6 is 0 Å². The van der Waals surface area contributed by atoms with E-state index in [2.05, 4.69) is 17.1 Å². The van der Waals surface area contributed by atoms with Gasteiger partial charge in [0.1, 0.15) is 5.75 Å². The minimum absolute atomic E-state index is 0.135. The van der Waals surface area contributed by atoms with E-state index in [1.54, 1.807) is 0 Å². The molecule has 0 aromatic heterocycles. The average Bonchev–Trinajstić information content (AvgIpc) is 2.58. The molecule has 1 heterocycles. The zero-order valence-corrected chi connectivity index (χ0v) is 15.2. The van der Waals surface area contributed by atoms with E-state index in [0.29, 0.717) is 13.0 Å². The SMILES string of the molecule is Cc1ccccc1OCCCC(=O)NCCCN1CCC(C)CC1. The Bertz CT molecular complexity index is 496. The highest BCUT2D eigenvalue weighted by atomic mass is 16.5. The van der Waals surface area contributed by atoms with Gasteiger partial charge in [0.05, 0.1) is 6.61 Å². The summed E-state index contributed by atoms with van der Waals surface area (Å²) in [5.74, 6) is 1.92. The third kappa shape index (κ3) is 6.91. The van der Waals surface area contributed by atoms with E-state index in [9.17, 15) is 4.79 Å². The van der Waals surface area contributed by atoms with Crippen LogP contribution in [0.4, 0.5) is 0 Å². The Balaban J connectivity index is 1.47. The van der Waals surface area contributed by atoms with Crippen molar-refractivity contribution in [1.29, 1.82) is 0 Å². The summed E-state index contributed by atoms with van der Waals surface area (Å²) in [5, 5.41) is 3.02. The number of piperidine rings is 1. The number of nitrogens with one attached hydrogen (secondary N) is 1. The van der Waals surface area contributed by atoms with E-state index < -0.39 is 0 Å². The van der Waals surface area contributed by atoms with Gasteiger partial charge in [-0.15, -0.1) is 0 Å². The van der Waals surface area contributed by atoms with E-state index in [1.165, 1.54) is 25.9 Å². The van der Waals surface area contributed by atoms with Crippen LogP contribution in [-0.2, 0) is 4.79 Å². The Morgan fingerprint density at radius 1 is 1.25 bits per heavy atom. The molecule has 1 aliphatic heterocycles. The Hall–Kier alpha value is -1.55. The Labute approximate surface area is 146 Å². The van der Waals surface area contributed by atoms with Gasteiger partial charge in [0.25, 0.3) is 0 Å². The molecule has 0 atom stereocenters. The number of nitrogens with zero attached hydrogens (tertiary/aromatic N) is 1. The Morgan fingerprint density at radius 2 is 2.00 bits per heavy atom. The van der Waals surface area contributed by atoms with Crippen molar-refractivity contribution >= 4 is 5.91 Å². The lowest BCUT2D eigenvalue weighted by atomic mass is 9.99. The molecule has 134 valence electrons. The maximum Gasteiger partial charge on any atom is 0.220 e. The number of carbonyl (C=O) groups excluding carboxylic acids is 1. The fraction of sp³-hybridized carbons (Fsp3) is 0.650. The Morgan fingerprint density at radius 3 is 2.75 bits per heavy atom. The summed E-state index contributed by atoms with van der Waals surface area (Å²) in [6.07, 6.45) is 4.96. The first-order valence-corrected chi connectivity index (χ1v) is 9.32. The summed E-state index contributed by atoms with van der Waals surface area (Å²) in [7, 11) is 0. The van der Waals surface area contributed by atoms with E-state index in [4.69, 9.17) is 4.74 Å². The molecule has 4 nitrogen and oxygen atoms in total. The minimum atomic E-state index is 0.135. The van der Waals surface area contributed by atoms with Crippen molar-refractivity contribution in [3.05, 3.63) is 29.8 Å². The standard InChI is InChI=1S/C20H32N2O2/c1-17-10-14-22(15-11-17)13-6-12-21-20(23)9-5-16-24-19-8-4-3-7-18(19)2/h3-4,7-8,17H,5-6,9-16H2,1-2H3,(H,21,23). The molecule has 1 aliphatic rings. The quantitative estimate of drug-likeness (QED) is 0.705. The van der Waals surface area contributed by atoms with Crippen LogP contribution in [0.2, 0.25) is 0 Å². The molecule has 4 heteroatoms. The Kier molecular flexibility index (Phi) is 8.10. The van der Waals surface area contributed by atoms with E-state index >= 15 is 0 Å². The van der Waals surface area contributed by atoms with Crippen LogP contribution in [0.1, 0.15) is 44.6 Å². The molecule has 0 spiro atoms. The van der Waals surface area contributed by atoms with Crippen LogP contribution < -0.4 is 10.1 Å². The molecular formula is C20H32N2O2. The lowest BCUT2D eigenvalue weighted by molar-refractivity contribution is -0.121. The molecule has 2 rings (SSSR count). The van der Waals surface area contributed by atoms with Crippen LogP contribution in [-0.4, -0.2) is 43.6 Å². The number of carbonyl (C=O) groups is 1. The molecule has 0 unspecified atom stereocenters. The predicted octanol–water partition coefficient (Wildman–Crippen LogP) is 3.39. The second-order valence-electron chi connectivity index (χ2n) is 6.95. The predicted molar refractivity (Wildman–Crippen MR) is 98.4 cm³/mol. The van der Waals surface area contributed by atoms with Gasteiger partial charge in [-0.2, -0.15) is 0 Å². The number of para-hydroxylation sites is 1. The highest BCUT2D eigenvalue weighted by Gasteiger charge is 2.14. The maximum absolute atomic E-state index is 11.8. The number of hydrogen-bond donors (Lipinski definition) is 1. The van der Waals surface area contributed by atoms with Crippen molar-refractivity contribution in [1.82, 2.24) is 10.2 Å². The first kappa shape index (κ1) is 18.8. The molecule has 1 aromatic carbocycles. The van der Waals surface area contributed by atoms with Crippen LogP contribution in [0.15, 0.2) is 24.3 Å². The molecule has 0 saturated carbocycles. The number of ether oxygens (including phenoxy) is 1. The smallest absolute Gasteiger partial charge is 0.220 e. The van der Waals surface area contributed by atoms with Gasteiger partial charge in [-0.05, 0) is 69.8 Å². The van der Waals surface area contributed by atoms with Gasteiger partial charge in [-0.1, -0.05) is 25.1 Å². The number of aryl methyl sites for hydroxylation is 1. The summed E-state index contributed by atoms with van der Waals surface area (Å²) in [5.41, 5.74) is 1.13. The number of amides is 1. The molecule has 1 saturated heterocycles. The zero-order valence-electron chi connectivity index (χ0n) is 15.2. The van der Waals surface area contributed by atoms with Crippen molar-refractivity contribution in [3.8, 4) is 5.75 Å². The molecule has 1 aromatic rings. The first-order valence-electron chi connectivity index (χ1n) is 9.32. The molecule has 1 amide bonds. The van der Waals surface area contributed by atoms with Crippen LogP contribution in [0.25, 0.3) is 0 Å². The minimum Gasteiger partial charge on any atom is -0.493 e. The molecule has 1 fully saturated rings. The lowest BCUT2D eigenvalue weighted by Crippen LogP contribution is -2.35. The van der Waals surface area contributed by atoms with Crippen molar-refractivity contribution < 1.29 is 9.53 Å². The number of benzene rings is 1. The summed E-state index contributed by atoms with van der Waals surface area (Å²) < 4.78 is 5.71. The molecular weight excluding hydrogens is 300 g/mol. The molecule has 0 radical (unpaired) electrons. The number of hydrogen-bond acceptors (Lipinski definition) is 3. The van der Waals surface area contributed by atoms with Crippen LogP contribution in [0.5, 0.6) is 5.75 Å². The van der Waals surface area contributed by atoms with Gasteiger partial charge in [-0.25, -0.2) is 0 Å². The van der Waals surface area contributed by atoms with Gasteiger partial charge < -0.3 is 15.0 Å². The van der Waals surface area contributed by atoms with Crippen molar-refractivity contribution in [2.24, 2.45) is 5.92 Å². The van der Waals surface area contributed by atoms with Gasteiger partial charge >= 0.3 is 0 Å². The topological polar surface area (TPSA) is 41.6 Å². The summed E-state index contributed by atoms with van der Waals surface area (Å²) in [6, 6.07) is 7.97. The fourth-order valence-corrected chi connectivity index (χ4v) is 3.04. The first-order chi connectivity index (χ1) is 11.6. The third-order valence-electron chi connectivity index (χ3n) is 4.75. The molecule has 0 aliphatic carbocycles. The molecule has 1 N–H and O–H groups in total. The molecule has 0 bridgehead atoms. The van der Waals surface area contributed by atoms with E-state index in [0.717, 1.165) is 43.2 Å². The normalized spacial score (nSPS) is 16.1. The van der Waals surface area contributed by atoms with Gasteiger partial charge in [0.2, 0.25) is 5.91 Å². The van der Waals surface area contributed by atoms with Crippen LogP contribution in [0, 0.1) is 12.8 Å². The summed E-state index contributed by atoms with van der Waals surface area (Å²) >= 11 is 0. The van der Waals surface area contributed by atoms with Gasteiger partial charge in [0, 0.05) is 13.0 Å². The van der Waals surface area contributed by atoms with E-state index in [-0.39, 0.29) is 5.91 Å². The third-order valence-corrected chi connectivity index (χ3v) is 4.75. The van der Waals surface area contributed by atoms with Crippen molar-refractivity contribution in [2.75, 3.05) is 32.8 Å². The monoisotopic (exact) mass is 332 g/mol. The second-order valence-corrected chi connectivity index (χ2v) is 6.95. The van der Waals surface area contributed by atoms with Gasteiger partial charge in [0.15, 0.2) is 0 Å². The number of likely N-dealkylation sites (tertiary alicyclic amines) is 1. The van der Waals surface area contributed by atoms with Crippen molar-refractivity contribution in [2.45, 2.75) is 46.0 Å². The average molecular weight is 332 g/mol. The number of rotatable bonds is 9.